The highest BCUT2D eigenvalue weighted by Crippen LogP contribution is 2.31. The Labute approximate surface area is 148 Å². The number of carbonyl (C=O) groups is 1. The summed E-state index contributed by atoms with van der Waals surface area (Å²) in [7, 11) is 0. The van der Waals surface area contributed by atoms with Crippen LogP contribution in [-0.2, 0) is 11.3 Å². The number of H-pyrrole nitrogens is 1. The molecule has 132 valence electrons. The Morgan fingerprint density at radius 1 is 1.12 bits per heavy atom. The lowest BCUT2D eigenvalue weighted by molar-refractivity contribution is -0.122. The van der Waals surface area contributed by atoms with Gasteiger partial charge in [-0.05, 0) is 18.2 Å². The molecule has 1 atom stereocenters. The summed E-state index contributed by atoms with van der Waals surface area (Å²) in [6.45, 7) is 0.257. The second-order valence-corrected chi connectivity index (χ2v) is 6.17. The highest BCUT2D eigenvalue weighted by molar-refractivity contribution is 5.81. The van der Waals surface area contributed by atoms with Crippen LogP contribution in [0.3, 0.4) is 0 Å². The quantitative estimate of drug-likeness (QED) is 0.744. The van der Waals surface area contributed by atoms with Gasteiger partial charge >= 0.3 is 0 Å². The molecule has 0 aliphatic carbocycles. The highest BCUT2D eigenvalue weighted by Gasteiger charge is 2.23. The molecule has 1 aromatic heterocycles. The van der Waals surface area contributed by atoms with Gasteiger partial charge in [0, 0.05) is 12.0 Å². The number of benzene rings is 2. The van der Waals surface area contributed by atoms with Gasteiger partial charge in [-0.15, -0.1) is 0 Å². The molecular formula is C19H17N3O4. The van der Waals surface area contributed by atoms with Crippen molar-refractivity contribution >= 4 is 16.7 Å². The van der Waals surface area contributed by atoms with Crippen LogP contribution in [0.15, 0.2) is 58.1 Å². The number of hydrogen-bond acceptors (Lipinski definition) is 4. The Morgan fingerprint density at radius 2 is 1.85 bits per heavy atom. The van der Waals surface area contributed by atoms with E-state index in [4.69, 9.17) is 4.74 Å². The number of rotatable bonds is 3. The predicted molar refractivity (Wildman–Crippen MR) is 96.3 cm³/mol. The fraction of sp³-hybridized carbons (Fsp3) is 0.211. The van der Waals surface area contributed by atoms with E-state index in [0.717, 1.165) is 16.0 Å². The molecule has 1 aliphatic heterocycles. The first kappa shape index (κ1) is 16.1. The number of para-hydroxylation sites is 1. The van der Waals surface area contributed by atoms with Gasteiger partial charge in [0.2, 0.25) is 5.91 Å². The van der Waals surface area contributed by atoms with E-state index in [-0.39, 0.29) is 18.5 Å². The number of ether oxygens (including phenoxy) is 1. The van der Waals surface area contributed by atoms with Crippen molar-refractivity contribution in [3.05, 3.63) is 74.8 Å². The molecule has 26 heavy (non-hydrogen) atoms. The smallest absolute Gasteiger partial charge is 0.273 e. The number of amides is 1. The van der Waals surface area contributed by atoms with Crippen molar-refractivity contribution in [1.29, 1.82) is 0 Å². The standard InChI is InChI=1S/C19H17N3O4/c23-17(20-15-9-10-26-16-8-4-3-7-14(15)16)11-22-19(25)13-6-2-1-5-12(13)18(24)21-22/h1-8,15H,9-11H2,(H,20,23)(H,21,24). The molecule has 7 nitrogen and oxygen atoms in total. The molecule has 0 saturated heterocycles. The van der Waals surface area contributed by atoms with Gasteiger partial charge in [-0.3, -0.25) is 19.5 Å². The summed E-state index contributed by atoms with van der Waals surface area (Å²) < 4.78 is 6.63. The lowest BCUT2D eigenvalue weighted by Crippen LogP contribution is -2.39. The van der Waals surface area contributed by atoms with Crippen molar-refractivity contribution in [1.82, 2.24) is 15.1 Å². The molecule has 1 aliphatic rings. The molecule has 2 N–H and O–H groups in total. The van der Waals surface area contributed by atoms with Crippen LogP contribution in [0.4, 0.5) is 0 Å². The van der Waals surface area contributed by atoms with E-state index in [1.165, 1.54) is 0 Å². The molecule has 1 amide bonds. The van der Waals surface area contributed by atoms with Gasteiger partial charge in [0.25, 0.3) is 11.1 Å². The molecule has 4 rings (SSSR count). The van der Waals surface area contributed by atoms with E-state index < -0.39 is 11.1 Å². The Hall–Kier alpha value is -3.35. The largest absolute Gasteiger partial charge is 0.493 e. The lowest BCUT2D eigenvalue weighted by Gasteiger charge is -2.26. The number of nitrogens with zero attached hydrogens (tertiary/aromatic N) is 1. The van der Waals surface area contributed by atoms with Gasteiger partial charge in [-0.2, -0.15) is 0 Å². The van der Waals surface area contributed by atoms with Crippen molar-refractivity contribution in [3.8, 4) is 5.75 Å². The number of fused-ring (bicyclic) bond motifs is 2. The Balaban J connectivity index is 1.58. The summed E-state index contributed by atoms with van der Waals surface area (Å²) in [5.74, 6) is 0.403. The molecule has 0 fully saturated rings. The predicted octanol–water partition coefficient (Wildman–Crippen LogP) is 1.33. The SMILES string of the molecule is O=C(Cn1[nH]c(=O)c2ccccc2c1=O)NC1CCOc2ccccc21. The second kappa shape index (κ2) is 6.51. The molecular weight excluding hydrogens is 334 g/mol. The minimum Gasteiger partial charge on any atom is -0.493 e. The van der Waals surface area contributed by atoms with Crippen molar-refractivity contribution in [2.45, 2.75) is 19.0 Å². The minimum atomic E-state index is -0.400. The van der Waals surface area contributed by atoms with Gasteiger partial charge in [0.15, 0.2) is 0 Å². The molecule has 2 aromatic carbocycles. The fourth-order valence-electron chi connectivity index (χ4n) is 3.23. The lowest BCUT2D eigenvalue weighted by atomic mass is 10.0. The molecule has 0 saturated carbocycles. The first-order valence-electron chi connectivity index (χ1n) is 8.36. The van der Waals surface area contributed by atoms with Gasteiger partial charge in [0.1, 0.15) is 12.3 Å². The summed E-state index contributed by atoms with van der Waals surface area (Å²) in [6, 6.07) is 13.9. The van der Waals surface area contributed by atoms with Gasteiger partial charge in [-0.25, -0.2) is 4.68 Å². The van der Waals surface area contributed by atoms with E-state index in [9.17, 15) is 14.4 Å². The van der Waals surface area contributed by atoms with Crippen molar-refractivity contribution in [2.75, 3.05) is 6.61 Å². The van der Waals surface area contributed by atoms with Crippen LogP contribution in [0.1, 0.15) is 18.0 Å². The summed E-state index contributed by atoms with van der Waals surface area (Å²) in [5.41, 5.74) is 0.110. The number of carbonyl (C=O) groups excluding carboxylic acids is 1. The van der Waals surface area contributed by atoms with Crippen LogP contribution in [0.25, 0.3) is 10.8 Å². The molecule has 0 spiro atoms. The zero-order valence-electron chi connectivity index (χ0n) is 13.9. The maximum absolute atomic E-state index is 12.5. The van der Waals surface area contributed by atoms with Crippen molar-refractivity contribution < 1.29 is 9.53 Å². The third-order valence-corrected chi connectivity index (χ3v) is 4.48. The van der Waals surface area contributed by atoms with Crippen molar-refractivity contribution in [2.24, 2.45) is 0 Å². The molecule has 2 heterocycles. The van der Waals surface area contributed by atoms with E-state index >= 15 is 0 Å². The second-order valence-electron chi connectivity index (χ2n) is 6.17. The molecule has 7 heteroatoms. The molecule has 3 aromatic rings. The number of nitrogens with one attached hydrogen (secondary N) is 2. The number of aromatic amines is 1. The van der Waals surface area contributed by atoms with Crippen LogP contribution in [0.2, 0.25) is 0 Å². The zero-order valence-corrected chi connectivity index (χ0v) is 13.9. The first-order chi connectivity index (χ1) is 12.6. The normalized spacial score (nSPS) is 15.9. The zero-order chi connectivity index (χ0) is 18.1. The van der Waals surface area contributed by atoms with Crippen LogP contribution >= 0.6 is 0 Å². The maximum Gasteiger partial charge on any atom is 0.273 e. The van der Waals surface area contributed by atoms with Crippen LogP contribution in [0.5, 0.6) is 5.75 Å². The maximum atomic E-state index is 12.5. The fourth-order valence-corrected chi connectivity index (χ4v) is 3.23. The van der Waals surface area contributed by atoms with E-state index in [0.29, 0.717) is 23.8 Å². The van der Waals surface area contributed by atoms with Crippen molar-refractivity contribution in [3.63, 3.8) is 0 Å². The molecule has 0 radical (unpaired) electrons. The van der Waals surface area contributed by atoms with Gasteiger partial charge in [-0.1, -0.05) is 30.3 Å². The monoisotopic (exact) mass is 351 g/mol. The molecule has 0 bridgehead atoms. The van der Waals surface area contributed by atoms with E-state index in [1.54, 1.807) is 24.3 Å². The summed E-state index contributed by atoms with van der Waals surface area (Å²) in [4.78, 5) is 37.1. The third-order valence-electron chi connectivity index (χ3n) is 4.48. The van der Waals surface area contributed by atoms with Crippen LogP contribution < -0.4 is 21.2 Å². The Kier molecular flexibility index (Phi) is 4.04. The van der Waals surface area contributed by atoms with Crippen LogP contribution in [0, 0.1) is 0 Å². The first-order valence-corrected chi connectivity index (χ1v) is 8.36. The Bertz CT molecular complexity index is 1100. The minimum absolute atomic E-state index is 0.185. The third kappa shape index (κ3) is 2.88. The average molecular weight is 351 g/mol. The number of hydrogen-bond donors (Lipinski definition) is 2. The highest BCUT2D eigenvalue weighted by atomic mass is 16.5. The summed E-state index contributed by atoms with van der Waals surface area (Å²) >= 11 is 0. The Morgan fingerprint density at radius 3 is 2.69 bits per heavy atom. The van der Waals surface area contributed by atoms with E-state index in [1.807, 2.05) is 24.3 Å². The number of aromatic nitrogens is 2. The average Bonchev–Trinajstić information content (AvgIpc) is 2.66. The topological polar surface area (TPSA) is 93.2 Å². The molecule has 1 unspecified atom stereocenters. The van der Waals surface area contributed by atoms with E-state index in [2.05, 4.69) is 10.4 Å². The van der Waals surface area contributed by atoms with Gasteiger partial charge < -0.3 is 10.1 Å². The van der Waals surface area contributed by atoms with Gasteiger partial charge in [0.05, 0.1) is 23.4 Å². The summed E-state index contributed by atoms with van der Waals surface area (Å²) in [5, 5.41) is 5.99. The summed E-state index contributed by atoms with van der Waals surface area (Å²) in [6.07, 6.45) is 0.645. The van der Waals surface area contributed by atoms with Crippen LogP contribution in [-0.4, -0.2) is 22.3 Å².